The van der Waals surface area contributed by atoms with E-state index < -0.39 is 19.0 Å². The molecular formula is C18H22BF4N3O4. The van der Waals surface area contributed by atoms with Crippen molar-refractivity contribution in [2.75, 3.05) is 13.2 Å². The number of imidazole rings is 1. The minimum Gasteiger partial charge on any atom is -0.461 e. The summed E-state index contributed by atoms with van der Waals surface area (Å²) in [5, 5.41) is 3.92. The Labute approximate surface area is 170 Å². The van der Waals surface area contributed by atoms with E-state index in [1.54, 1.807) is 6.92 Å². The number of esters is 1. The summed E-state index contributed by atoms with van der Waals surface area (Å²) in [4.78, 5) is 17.6. The molecule has 1 atom stereocenters. The summed E-state index contributed by atoms with van der Waals surface area (Å²) in [6.45, 7) is 3.12. The van der Waals surface area contributed by atoms with Crippen molar-refractivity contribution in [3.05, 3.63) is 54.6 Å². The van der Waals surface area contributed by atoms with Crippen LogP contribution in [0.25, 0.3) is 0 Å². The Hall–Kier alpha value is -2.89. The van der Waals surface area contributed by atoms with Gasteiger partial charge in [-0.3, -0.25) is 0 Å². The van der Waals surface area contributed by atoms with E-state index in [1.165, 1.54) is 0 Å². The summed E-state index contributed by atoms with van der Waals surface area (Å²) >= 11 is 0. The smallest absolute Gasteiger partial charge is 0.461 e. The number of benzene rings is 1. The second-order valence-electron chi connectivity index (χ2n) is 6.31. The Balaban J connectivity index is 0.000000575. The van der Waals surface area contributed by atoms with E-state index in [2.05, 4.69) is 5.16 Å². The number of ether oxygens (including phenoxy) is 2. The van der Waals surface area contributed by atoms with Crippen molar-refractivity contribution in [2.45, 2.75) is 25.7 Å². The van der Waals surface area contributed by atoms with E-state index in [9.17, 15) is 22.1 Å². The highest BCUT2D eigenvalue weighted by atomic mass is 19.5. The summed E-state index contributed by atoms with van der Waals surface area (Å²) in [6, 6.07) is 9.52. The Kier molecular flexibility index (Phi) is 7.98. The van der Waals surface area contributed by atoms with Crippen molar-refractivity contribution < 1.29 is 40.9 Å². The second kappa shape index (κ2) is 10.2. The number of aryl methyl sites for hydroxylation is 1. The summed E-state index contributed by atoms with van der Waals surface area (Å²) in [5.74, 6) is -1.57. The fourth-order valence-electron chi connectivity index (χ4n) is 2.70. The normalized spacial score (nSPS) is 18.1. The first kappa shape index (κ1) is 23.4. The van der Waals surface area contributed by atoms with Gasteiger partial charge in [0.25, 0.3) is 5.79 Å². The molecule has 0 spiro atoms. The fourth-order valence-corrected chi connectivity index (χ4v) is 2.70. The number of oxime groups is 1. The first-order chi connectivity index (χ1) is 14.1. The van der Waals surface area contributed by atoms with Crippen LogP contribution in [-0.4, -0.2) is 36.7 Å². The first-order valence-corrected chi connectivity index (χ1v) is 9.13. The molecule has 1 aliphatic rings. The van der Waals surface area contributed by atoms with E-state index in [1.807, 2.05) is 65.2 Å². The van der Waals surface area contributed by atoms with E-state index in [-0.39, 0.29) is 12.1 Å². The number of carbonyl (C=O) groups excluding carboxylic acids is 1. The van der Waals surface area contributed by atoms with Gasteiger partial charge in [0.15, 0.2) is 5.71 Å². The molecule has 7 nitrogen and oxygen atoms in total. The minimum atomic E-state index is -6.00. The standard InChI is InChI=1S/C18H22N3O4.BF4/c1-3-23-17(22)16-13-18(25-19-16,15-7-5-4-6-8-15)24-12-11-21-10-9-20(2)14-21;2-1(3,4)5/h4-10,14H,3,11-13H2,1-2H3;/q+1;-1. The quantitative estimate of drug-likeness (QED) is 0.293. The molecule has 0 saturated heterocycles. The molecule has 164 valence electrons. The molecule has 0 saturated carbocycles. The van der Waals surface area contributed by atoms with Crippen molar-refractivity contribution in [3.63, 3.8) is 0 Å². The number of halogens is 4. The average Bonchev–Trinajstić information content (AvgIpc) is 3.29. The minimum absolute atomic E-state index is 0.218. The van der Waals surface area contributed by atoms with E-state index in [0.29, 0.717) is 19.8 Å². The van der Waals surface area contributed by atoms with Crippen LogP contribution in [0.15, 0.2) is 54.2 Å². The number of hydrogen-bond donors (Lipinski definition) is 0. The van der Waals surface area contributed by atoms with Crippen LogP contribution in [0, 0.1) is 0 Å². The van der Waals surface area contributed by atoms with E-state index in [0.717, 1.165) is 5.56 Å². The zero-order valence-corrected chi connectivity index (χ0v) is 16.5. The van der Waals surface area contributed by atoms with Gasteiger partial charge in [-0.05, 0) is 6.92 Å². The Morgan fingerprint density at radius 3 is 2.53 bits per heavy atom. The third-order valence-electron chi connectivity index (χ3n) is 3.94. The molecule has 1 aromatic carbocycles. The maximum absolute atomic E-state index is 12.0. The van der Waals surface area contributed by atoms with Crippen LogP contribution in [0.3, 0.4) is 0 Å². The number of hydrogen-bond acceptors (Lipinski definition) is 5. The molecule has 1 aromatic heterocycles. The summed E-state index contributed by atoms with van der Waals surface area (Å²) in [6.07, 6.45) is 6.11. The molecule has 12 heteroatoms. The van der Waals surface area contributed by atoms with E-state index >= 15 is 0 Å². The van der Waals surface area contributed by atoms with Gasteiger partial charge in [-0.25, -0.2) is 13.9 Å². The lowest BCUT2D eigenvalue weighted by atomic mass is 10.0. The van der Waals surface area contributed by atoms with Crippen molar-refractivity contribution in [3.8, 4) is 0 Å². The van der Waals surface area contributed by atoms with Crippen LogP contribution in [0.5, 0.6) is 0 Å². The predicted octanol–water partition coefficient (Wildman–Crippen LogP) is 2.82. The lowest BCUT2D eigenvalue weighted by Gasteiger charge is -2.26. The Morgan fingerprint density at radius 1 is 1.30 bits per heavy atom. The molecular weight excluding hydrogens is 409 g/mol. The first-order valence-electron chi connectivity index (χ1n) is 9.13. The summed E-state index contributed by atoms with van der Waals surface area (Å²) < 4.78 is 54.1. The van der Waals surface area contributed by atoms with E-state index in [4.69, 9.17) is 14.3 Å². The molecule has 0 amide bonds. The van der Waals surface area contributed by atoms with Crippen LogP contribution in [0.1, 0.15) is 18.9 Å². The molecule has 0 bridgehead atoms. The van der Waals surface area contributed by atoms with Crippen molar-refractivity contribution in [1.82, 2.24) is 4.57 Å². The highest BCUT2D eigenvalue weighted by molar-refractivity contribution is 6.50. The second-order valence-corrected chi connectivity index (χ2v) is 6.31. The van der Waals surface area contributed by atoms with Crippen molar-refractivity contribution in [1.29, 1.82) is 0 Å². The number of aromatic nitrogens is 2. The fraction of sp³-hybridized carbons (Fsp3) is 0.389. The van der Waals surface area contributed by atoms with Gasteiger partial charge in [-0.15, -0.1) is 0 Å². The number of nitrogens with zero attached hydrogens (tertiary/aromatic N) is 3. The molecule has 2 heterocycles. The monoisotopic (exact) mass is 431 g/mol. The van der Waals surface area contributed by atoms with Gasteiger partial charge in [0.2, 0.25) is 6.33 Å². The lowest BCUT2D eigenvalue weighted by molar-refractivity contribution is -0.671. The van der Waals surface area contributed by atoms with Gasteiger partial charge in [-0.2, -0.15) is 0 Å². The van der Waals surface area contributed by atoms with Crippen LogP contribution in [0.2, 0.25) is 0 Å². The molecule has 3 rings (SSSR count). The van der Waals surface area contributed by atoms with Gasteiger partial charge in [0, 0.05) is 5.56 Å². The largest absolute Gasteiger partial charge is 0.673 e. The van der Waals surface area contributed by atoms with Gasteiger partial charge in [-0.1, -0.05) is 35.5 Å². The molecule has 0 fully saturated rings. The molecule has 1 unspecified atom stereocenters. The summed E-state index contributed by atoms with van der Waals surface area (Å²) in [7, 11) is -4.04. The van der Waals surface area contributed by atoms with Gasteiger partial charge in [0.05, 0.1) is 26.7 Å². The number of carbonyl (C=O) groups is 1. The lowest BCUT2D eigenvalue weighted by Crippen LogP contribution is -2.33. The average molecular weight is 431 g/mol. The molecule has 30 heavy (non-hydrogen) atoms. The van der Waals surface area contributed by atoms with Crippen LogP contribution >= 0.6 is 0 Å². The third-order valence-corrected chi connectivity index (χ3v) is 3.94. The van der Waals surface area contributed by atoms with Crippen molar-refractivity contribution >= 4 is 18.9 Å². The molecule has 0 N–H and O–H groups in total. The molecule has 0 radical (unpaired) electrons. The Bertz CT molecular complexity index is 855. The highest BCUT2D eigenvalue weighted by Gasteiger charge is 2.45. The van der Waals surface area contributed by atoms with Crippen LogP contribution < -0.4 is 4.57 Å². The SMILES string of the molecule is CCOC(=O)C1=NOC(OCCn2cc[n+](C)c2)(c2ccccc2)C1.F[B-](F)(F)F. The highest BCUT2D eigenvalue weighted by Crippen LogP contribution is 2.36. The molecule has 2 aromatic rings. The number of rotatable bonds is 7. The summed E-state index contributed by atoms with van der Waals surface area (Å²) in [5.41, 5.74) is 1.05. The maximum Gasteiger partial charge on any atom is 0.673 e. The molecule has 1 aliphatic heterocycles. The van der Waals surface area contributed by atoms with Crippen LogP contribution in [-0.2, 0) is 38.5 Å². The maximum atomic E-state index is 12.0. The Morgan fingerprint density at radius 2 is 1.97 bits per heavy atom. The van der Waals surface area contributed by atoms with Crippen molar-refractivity contribution in [2.24, 2.45) is 12.2 Å². The predicted molar refractivity (Wildman–Crippen MR) is 99.6 cm³/mol. The molecule has 0 aliphatic carbocycles. The third kappa shape index (κ3) is 7.18. The van der Waals surface area contributed by atoms with Crippen LogP contribution in [0.4, 0.5) is 17.3 Å². The zero-order chi connectivity index (χ0) is 22.2. The zero-order valence-electron chi connectivity index (χ0n) is 16.5. The van der Waals surface area contributed by atoms with Gasteiger partial charge >= 0.3 is 13.2 Å². The van der Waals surface area contributed by atoms with Gasteiger partial charge < -0.3 is 31.6 Å². The topological polar surface area (TPSA) is 65.9 Å². The van der Waals surface area contributed by atoms with Gasteiger partial charge in [0.1, 0.15) is 18.9 Å².